The van der Waals surface area contributed by atoms with Crippen LogP contribution in [0.4, 0.5) is 0 Å². The van der Waals surface area contributed by atoms with Gasteiger partial charge < -0.3 is 24.4 Å². The van der Waals surface area contributed by atoms with Crippen molar-refractivity contribution in [2.24, 2.45) is 11.8 Å². The van der Waals surface area contributed by atoms with Gasteiger partial charge in [-0.05, 0) is 39.0 Å². The van der Waals surface area contributed by atoms with E-state index >= 15 is 0 Å². The summed E-state index contributed by atoms with van der Waals surface area (Å²) in [4.78, 5) is 43.9. The molecule has 3 heterocycles. The average Bonchev–Trinajstić information content (AvgIpc) is 3.37. The topological polar surface area (TPSA) is 96.4 Å². The molecule has 0 aliphatic carbocycles. The summed E-state index contributed by atoms with van der Waals surface area (Å²) in [5.74, 6) is -2.23. The zero-order valence-electron chi connectivity index (χ0n) is 19.7. The maximum atomic E-state index is 14.0. The molecule has 2 amide bonds. The molecule has 3 fully saturated rings. The molecule has 8 nitrogen and oxygen atoms in total. The zero-order chi connectivity index (χ0) is 24.2. The normalized spacial score (nSPS) is 32.2. The summed E-state index contributed by atoms with van der Waals surface area (Å²) in [5, 5.41) is 9.13. The molecule has 0 radical (unpaired) electrons. The Hall–Kier alpha value is -1.45. The molecule has 3 saturated heterocycles. The fourth-order valence-corrected chi connectivity index (χ4v) is 6.64. The van der Waals surface area contributed by atoms with Crippen LogP contribution in [0.1, 0.15) is 52.4 Å². The van der Waals surface area contributed by atoms with E-state index in [0.717, 1.165) is 19.3 Å². The molecule has 3 aliphatic heterocycles. The van der Waals surface area contributed by atoms with Crippen LogP contribution in [0, 0.1) is 11.8 Å². The number of halogens is 1. The minimum absolute atomic E-state index is 0.0913. The largest absolute Gasteiger partial charge is 0.466 e. The third-order valence-electron chi connectivity index (χ3n) is 7.08. The van der Waals surface area contributed by atoms with Crippen molar-refractivity contribution in [1.29, 1.82) is 0 Å². The van der Waals surface area contributed by atoms with E-state index in [0.29, 0.717) is 38.9 Å². The summed E-state index contributed by atoms with van der Waals surface area (Å²) in [6.45, 7) is 9.29. The lowest BCUT2D eigenvalue weighted by molar-refractivity contribution is -0.154. The number of aliphatic hydroxyl groups is 1. The quantitative estimate of drug-likeness (QED) is 0.170. The SMILES string of the molecule is C=CCN(CCCC)C(=O)[C@@H]1N(CCCCCO)C(=O)[C@H]2[C@H](C(=O)OCC)[C@H]3O[C@@]12CC3Br. The van der Waals surface area contributed by atoms with Gasteiger partial charge >= 0.3 is 5.97 Å². The Morgan fingerprint density at radius 3 is 2.73 bits per heavy atom. The standard InChI is InChI=1S/C24H37BrN2O6/c1-4-7-12-26(11-5-2)22(30)20-24-15-16(25)19(33-24)17(23(31)32-6-3)18(24)21(29)27(20)13-9-8-10-14-28/h5,16-20,28H,2,4,6-15H2,1,3H3/t16?,17-,18+,19-,20-,24+/m0/s1. The molecule has 1 unspecified atom stereocenters. The van der Waals surface area contributed by atoms with E-state index in [1.165, 1.54) is 0 Å². The molecule has 1 spiro atoms. The van der Waals surface area contributed by atoms with Gasteiger partial charge in [0.25, 0.3) is 0 Å². The smallest absolute Gasteiger partial charge is 0.312 e. The molecule has 0 aromatic heterocycles. The highest BCUT2D eigenvalue weighted by molar-refractivity contribution is 9.09. The van der Waals surface area contributed by atoms with Gasteiger partial charge in [0.1, 0.15) is 11.6 Å². The molecule has 0 aromatic rings. The number of rotatable bonds is 13. The number of carbonyl (C=O) groups is 3. The number of hydrogen-bond donors (Lipinski definition) is 1. The van der Waals surface area contributed by atoms with Crippen molar-refractivity contribution in [2.75, 3.05) is 32.8 Å². The van der Waals surface area contributed by atoms with Crippen LogP contribution < -0.4 is 0 Å². The lowest BCUT2D eigenvalue weighted by Gasteiger charge is -2.37. The Bertz CT molecular complexity index is 748. The summed E-state index contributed by atoms with van der Waals surface area (Å²) in [5.41, 5.74) is -1.05. The second-order valence-electron chi connectivity index (χ2n) is 9.16. The Labute approximate surface area is 204 Å². The Kier molecular flexibility index (Phi) is 8.97. The van der Waals surface area contributed by atoms with Crippen LogP contribution in [0.5, 0.6) is 0 Å². The molecule has 0 aromatic carbocycles. The molecule has 9 heteroatoms. The maximum Gasteiger partial charge on any atom is 0.312 e. The van der Waals surface area contributed by atoms with Gasteiger partial charge in [0.15, 0.2) is 0 Å². The molecule has 3 rings (SSSR count). The van der Waals surface area contributed by atoms with Crippen molar-refractivity contribution < 1.29 is 29.0 Å². The van der Waals surface area contributed by atoms with Crippen molar-refractivity contribution in [3.8, 4) is 0 Å². The van der Waals surface area contributed by atoms with Gasteiger partial charge in [0, 0.05) is 31.1 Å². The Morgan fingerprint density at radius 2 is 2.09 bits per heavy atom. The number of hydrogen-bond acceptors (Lipinski definition) is 6. The van der Waals surface area contributed by atoms with Crippen LogP contribution in [-0.4, -0.2) is 88.1 Å². The van der Waals surface area contributed by atoms with Crippen LogP contribution in [0.25, 0.3) is 0 Å². The second-order valence-corrected chi connectivity index (χ2v) is 10.3. The summed E-state index contributed by atoms with van der Waals surface area (Å²) in [6, 6.07) is -0.787. The molecule has 33 heavy (non-hydrogen) atoms. The first-order valence-corrected chi connectivity index (χ1v) is 13.1. The Balaban J connectivity index is 1.98. The molecule has 2 bridgehead atoms. The number of likely N-dealkylation sites (tertiary alicyclic amines) is 1. The lowest BCUT2D eigenvalue weighted by atomic mass is 9.70. The lowest BCUT2D eigenvalue weighted by Crippen LogP contribution is -2.57. The number of unbranched alkanes of at least 4 members (excludes halogenated alkanes) is 3. The first-order chi connectivity index (χ1) is 15.9. The van der Waals surface area contributed by atoms with E-state index in [2.05, 4.69) is 29.4 Å². The number of fused-ring (bicyclic) bond motifs is 1. The number of ether oxygens (including phenoxy) is 2. The van der Waals surface area contributed by atoms with Crippen LogP contribution in [0.2, 0.25) is 0 Å². The number of carbonyl (C=O) groups excluding carboxylic acids is 3. The number of alkyl halides is 1. The van der Waals surface area contributed by atoms with Crippen molar-refractivity contribution in [2.45, 2.75) is 74.9 Å². The fourth-order valence-electron chi connectivity index (χ4n) is 5.70. The van der Waals surface area contributed by atoms with Gasteiger partial charge in [-0.1, -0.05) is 35.4 Å². The minimum Gasteiger partial charge on any atom is -0.466 e. The van der Waals surface area contributed by atoms with Gasteiger partial charge in [-0.3, -0.25) is 14.4 Å². The van der Waals surface area contributed by atoms with Gasteiger partial charge in [0.05, 0.1) is 24.5 Å². The van der Waals surface area contributed by atoms with E-state index in [4.69, 9.17) is 14.6 Å². The highest BCUT2D eigenvalue weighted by atomic mass is 79.9. The summed E-state index contributed by atoms with van der Waals surface area (Å²) >= 11 is 3.65. The summed E-state index contributed by atoms with van der Waals surface area (Å²) in [6.07, 6.45) is 5.54. The monoisotopic (exact) mass is 528 g/mol. The van der Waals surface area contributed by atoms with Crippen LogP contribution in [0.15, 0.2) is 12.7 Å². The maximum absolute atomic E-state index is 14.0. The predicted octanol–water partition coefficient (Wildman–Crippen LogP) is 2.27. The Morgan fingerprint density at radius 1 is 1.33 bits per heavy atom. The van der Waals surface area contributed by atoms with E-state index in [-0.39, 0.29) is 29.9 Å². The molecular weight excluding hydrogens is 492 g/mol. The van der Waals surface area contributed by atoms with Crippen molar-refractivity contribution >= 4 is 33.7 Å². The summed E-state index contributed by atoms with van der Waals surface area (Å²) < 4.78 is 11.8. The van der Waals surface area contributed by atoms with Gasteiger partial charge in [0.2, 0.25) is 11.8 Å². The van der Waals surface area contributed by atoms with Crippen LogP contribution in [0.3, 0.4) is 0 Å². The molecule has 186 valence electrons. The van der Waals surface area contributed by atoms with E-state index in [1.807, 2.05) is 0 Å². The van der Waals surface area contributed by atoms with Crippen LogP contribution >= 0.6 is 15.9 Å². The van der Waals surface area contributed by atoms with E-state index < -0.39 is 35.6 Å². The third-order valence-corrected chi connectivity index (χ3v) is 7.93. The summed E-state index contributed by atoms with van der Waals surface area (Å²) in [7, 11) is 0. The van der Waals surface area contributed by atoms with Gasteiger partial charge in [-0.15, -0.1) is 6.58 Å². The van der Waals surface area contributed by atoms with Gasteiger partial charge in [-0.25, -0.2) is 0 Å². The predicted molar refractivity (Wildman–Crippen MR) is 127 cm³/mol. The number of aliphatic hydroxyl groups excluding tert-OH is 1. The second kappa shape index (κ2) is 11.3. The fraction of sp³-hybridized carbons (Fsp3) is 0.792. The van der Waals surface area contributed by atoms with E-state index in [9.17, 15) is 14.4 Å². The number of esters is 1. The minimum atomic E-state index is -1.05. The molecule has 0 saturated carbocycles. The first-order valence-electron chi connectivity index (χ1n) is 12.2. The highest BCUT2D eigenvalue weighted by Gasteiger charge is 2.76. The first kappa shape index (κ1) is 26.2. The van der Waals surface area contributed by atoms with E-state index in [1.54, 1.807) is 22.8 Å². The molecular formula is C24H37BrN2O6. The van der Waals surface area contributed by atoms with Crippen LogP contribution in [-0.2, 0) is 23.9 Å². The molecule has 1 N–H and O–H groups in total. The van der Waals surface area contributed by atoms with Gasteiger partial charge in [-0.2, -0.15) is 0 Å². The number of amides is 2. The average molecular weight is 529 g/mol. The highest BCUT2D eigenvalue weighted by Crippen LogP contribution is 2.60. The zero-order valence-corrected chi connectivity index (χ0v) is 21.3. The third kappa shape index (κ3) is 4.73. The van der Waals surface area contributed by atoms with Crippen molar-refractivity contribution in [1.82, 2.24) is 9.80 Å². The van der Waals surface area contributed by atoms with Crippen molar-refractivity contribution in [3.05, 3.63) is 12.7 Å². The number of nitrogens with zero attached hydrogens (tertiary/aromatic N) is 2. The van der Waals surface area contributed by atoms with Crippen molar-refractivity contribution in [3.63, 3.8) is 0 Å². The molecule has 3 aliphatic rings. The molecule has 6 atom stereocenters.